The van der Waals surface area contributed by atoms with E-state index < -0.39 is 0 Å². The average Bonchev–Trinajstić information content (AvgIpc) is 2.99. The van der Waals surface area contributed by atoms with Gasteiger partial charge in [0.1, 0.15) is 0 Å². The summed E-state index contributed by atoms with van der Waals surface area (Å²) in [5.74, 6) is 2.29. The summed E-state index contributed by atoms with van der Waals surface area (Å²) in [7, 11) is 0. The molecule has 0 spiro atoms. The number of hydrogen-bond acceptors (Lipinski definition) is 2. The van der Waals surface area contributed by atoms with Crippen LogP contribution in [0.3, 0.4) is 0 Å². The lowest BCUT2D eigenvalue weighted by Crippen LogP contribution is -2.34. The van der Waals surface area contributed by atoms with Crippen LogP contribution in [0.2, 0.25) is 0 Å². The maximum Gasteiger partial charge on any atom is 0.223 e. The topological polar surface area (TPSA) is 41.1 Å². The Balaban J connectivity index is 1.56. The van der Waals surface area contributed by atoms with E-state index in [4.69, 9.17) is 0 Å². The average molecular weight is 280 g/mol. The molecule has 2 rings (SSSR count). The second kappa shape index (κ2) is 8.66. The first-order valence-electron chi connectivity index (χ1n) is 8.78. The predicted octanol–water partition coefficient (Wildman–Crippen LogP) is 3.10. The summed E-state index contributed by atoms with van der Waals surface area (Å²) in [6.07, 6.45) is 11.2. The predicted molar refractivity (Wildman–Crippen MR) is 83.6 cm³/mol. The summed E-state index contributed by atoms with van der Waals surface area (Å²) in [4.78, 5) is 12.2. The second-order valence-electron chi connectivity index (χ2n) is 6.80. The van der Waals surface area contributed by atoms with Crippen LogP contribution in [0.5, 0.6) is 0 Å². The molecule has 116 valence electrons. The maximum atomic E-state index is 12.2. The van der Waals surface area contributed by atoms with Crippen molar-refractivity contribution in [1.29, 1.82) is 0 Å². The highest BCUT2D eigenvalue weighted by molar-refractivity contribution is 5.78. The van der Waals surface area contributed by atoms with Gasteiger partial charge in [0.05, 0.1) is 0 Å². The van der Waals surface area contributed by atoms with E-state index in [2.05, 4.69) is 17.6 Å². The number of unbranched alkanes of at least 4 members (excludes halogenated alkanes) is 1. The Bertz CT molecular complexity index is 279. The molecule has 1 atom stereocenters. The fourth-order valence-corrected chi connectivity index (χ4v) is 3.71. The first kappa shape index (κ1) is 15.8. The third-order valence-electron chi connectivity index (χ3n) is 5.20. The van der Waals surface area contributed by atoms with Gasteiger partial charge in [-0.15, -0.1) is 0 Å². The van der Waals surface area contributed by atoms with Gasteiger partial charge in [-0.2, -0.15) is 0 Å². The Morgan fingerprint density at radius 2 is 1.90 bits per heavy atom. The molecule has 0 aromatic heterocycles. The van der Waals surface area contributed by atoms with Gasteiger partial charge in [-0.3, -0.25) is 4.79 Å². The van der Waals surface area contributed by atoms with Gasteiger partial charge in [-0.05, 0) is 63.5 Å². The number of rotatable bonds is 7. The van der Waals surface area contributed by atoms with Gasteiger partial charge in [0.15, 0.2) is 0 Å². The summed E-state index contributed by atoms with van der Waals surface area (Å²) < 4.78 is 0. The van der Waals surface area contributed by atoms with Crippen molar-refractivity contribution in [3.63, 3.8) is 0 Å². The third kappa shape index (κ3) is 5.08. The Kier molecular flexibility index (Phi) is 6.85. The van der Waals surface area contributed by atoms with Crippen molar-refractivity contribution in [1.82, 2.24) is 10.6 Å². The summed E-state index contributed by atoms with van der Waals surface area (Å²) in [5, 5.41) is 6.55. The van der Waals surface area contributed by atoms with Crippen LogP contribution in [-0.4, -0.2) is 25.5 Å². The quantitative estimate of drug-likeness (QED) is 0.752. The molecule has 3 nitrogen and oxygen atoms in total. The van der Waals surface area contributed by atoms with Crippen LogP contribution in [0.15, 0.2) is 0 Å². The number of nitrogens with one attached hydrogen (secondary N) is 2. The van der Waals surface area contributed by atoms with Crippen LogP contribution in [0.1, 0.15) is 64.7 Å². The Labute approximate surface area is 124 Å². The van der Waals surface area contributed by atoms with E-state index >= 15 is 0 Å². The second-order valence-corrected chi connectivity index (χ2v) is 6.80. The molecule has 0 bridgehead atoms. The zero-order valence-electron chi connectivity index (χ0n) is 13.1. The molecule has 0 radical (unpaired) electrons. The lowest BCUT2D eigenvalue weighted by atomic mass is 9.79. The molecule has 1 saturated heterocycles. The van der Waals surface area contributed by atoms with Gasteiger partial charge in [-0.1, -0.05) is 26.2 Å². The smallest absolute Gasteiger partial charge is 0.223 e. The van der Waals surface area contributed by atoms with Gasteiger partial charge in [0.25, 0.3) is 0 Å². The van der Waals surface area contributed by atoms with Crippen LogP contribution >= 0.6 is 0 Å². The van der Waals surface area contributed by atoms with Gasteiger partial charge in [0.2, 0.25) is 5.91 Å². The van der Waals surface area contributed by atoms with E-state index in [9.17, 15) is 4.79 Å². The molecule has 20 heavy (non-hydrogen) atoms. The van der Waals surface area contributed by atoms with Gasteiger partial charge < -0.3 is 10.6 Å². The van der Waals surface area contributed by atoms with Crippen LogP contribution < -0.4 is 10.6 Å². The first-order valence-corrected chi connectivity index (χ1v) is 8.78. The van der Waals surface area contributed by atoms with Crippen molar-refractivity contribution in [3.05, 3.63) is 0 Å². The minimum atomic E-state index is 0.301. The highest BCUT2D eigenvalue weighted by Crippen LogP contribution is 2.31. The third-order valence-corrected chi connectivity index (χ3v) is 5.20. The standard InChI is InChI=1S/C17H32N2O/c1-2-3-4-14-5-7-16(8-6-14)17(20)19-12-10-15-9-11-18-13-15/h14-16,18H,2-13H2,1H3,(H,19,20). The van der Waals surface area contributed by atoms with Crippen LogP contribution in [-0.2, 0) is 4.79 Å². The van der Waals surface area contributed by atoms with E-state index in [-0.39, 0.29) is 0 Å². The Hall–Kier alpha value is -0.570. The highest BCUT2D eigenvalue weighted by atomic mass is 16.1. The molecule has 1 saturated carbocycles. The maximum absolute atomic E-state index is 12.2. The molecule has 1 aliphatic heterocycles. The molecule has 1 aliphatic carbocycles. The number of carbonyl (C=O) groups is 1. The molecule has 2 aliphatic rings. The molecule has 0 aromatic carbocycles. The molecule has 3 heteroatoms. The minimum Gasteiger partial charge on any atom is -0.356 e. The van der Waals surface area contributed by atoms with E-state index in [0.29, 0.717) is 11.8 Å². The highest BCUT2D eigenvalue weighted by Gasteiger charge is 2.25. The fraction of sp³-hybridized carbons (Fsp3) is 0.941. The zero-order valence-corrected chi connectivity index (χ0v) is 13.1. The van der Waals surface area contributed by atoms with Crippen molar-refractivity contribution >= 4 is 5.91 Å². The molecule has 0 aromatic rings. The van der Waals surface area contributed by atoms with Crippen LogP contribution in [0.25, 0.3) is 0 Å². The molecule has 1 amide bonds. The van der Waals surface area contributed by atoms with E-state index in [1.165, 1.54) is 38.5 Å². The SMILES string of the molecule is CCCCC1CCC(C(=O)NCCC2CCNC2)CC1. The largest absolute Gasteiger partial charge is 0.356 e. The van der Waals surface area contributed by atoms with Gasteiger partial charge >= 0.3 is 0 Å². The lowest BCUT2D eigenvalue weighted by molar-refractivity contribution is -0.126. The summed E-state index contributed by atoms with van der Waals surface area (Å²) in [6, 6.07) is 0. The first-order chi connectivity index (χ1) is 9.79. The van der Waals surface area contributed by atoms with Crippen LogP contribution in [0, 0.1) is 17.8 Å². The Morgan fingerprint density at radius 1 is 1.10 bits per heavy atom. The summed E-state index contributed by atoms with van der Waals surface area (Å²) in [6.45, 7) is 5.43. The van der Waals surface area contributed by atoms with E-state index in [1.807, 2.05) is 0 Å². The van der Waals surface area contributed by atoms with Crippen molar-refractivity contribution in [2.75, 3.05) is 19.6 Å². The van der Waals surface area contributed by atoms with Crippen molar-refractivity contribution in [2.24, 2.45) is 17.8 Å². The van der Waals surface area contributed by atoms with E-state index in [0.717, 1.165) is 50.7 Å². The van der Waals surface area contributed by atoms with Crippen molar-refractivity contribution in [2.45, 2.75) is 64.7 Å². The summed E-state index contributed by atoms with van der Waals surface area (Å²) in [5.41, 5.74) is 0. The van der Waals surface area contributed by atoms with E-state index in [1.54, 1.807) is 0 Å². The number of hydrogen-bond donors (Lipinski definition) is 2. The number of carbonyl (C=O) groups excluding carboxylic acids is 1. The molecular weight excluding hydrogens is 248 g/mol. The van der Waals surface area contributed by atoms with Crippen molar-refractivity contribution in [3.8, 4) is 0 Å². The summed E-state index contributed by atoms with van der Waals surface area (Å²) >= 11 is 0. The fourth-order valence-electron chi connectivity index (χ4n) is 3.71. The molecule has 1 unspecified atom stereocenters. The van der Waals surface area contributed by atoms with Crippen LogP contribution in [0.4, 0.5) is 0 Å². The van der Waals surface area contributed by atoms with Gasteiger partial charge in [-0.25, -0.2) is 0 Å². The normalized spacial score (nSPS) is 30.4. The molecule has 1 heterocycles. The monoisotopic (exact) mass is 280 g/mol. The number of amides is 1. The Morgan fingerprint density at radius 3 is 2.55 bits per heavy atom. The van der Waals surface area contributed by atoms with Gasteiger partial charge in [0, 0.05) is 12.5 Å². The minimum absolute atomic E-state index is 0.301. The van der Waals surface area contributed by atoms with Crippen molar-refractivity contribution < 1.29 is 4.79 Å². The molecule has 2 fully saturated rings. The zero-order chi connectivity index (χ0) is 14.2. The molecular formula is C17H32N2O. The molecule has 2 N–H and O–H groups in total. The lowest BCUT2D eigenvalue weighted by Gasteiger charge is -2.27.